The van der Waals surface area contributed by atoms with Gasteiger partial charge in [-0.1, -0.05) is 42.1 Å². The van der Waals surface area contributed by atoms with Crippen LogP contribution in [0.3, 0.4) is 0 Å². The average molecular weight is 456 g/mol. The van der Waals surface area contributed by atoms with Crippen molar-refractivity contribution < 1.29 is 9.59 Å². The first-order valence-electron chi connectivity index (χ1n) is 10.9. The van der Waals surface area contributed by atoms with E-state index in [1.807, 2.05) is 44.4 Å². The Morgan fingerprint density at radius 1 is 0.844 bits per heavy atom. The van der Waals surface area contributed by atoms with Crippen molar-refractivity contribution in [3.8, 4) is 11.3 Å². The molecule has 0 unspecified atom stereocenters. The van der Waals surface area contributed by atoms with Crippen LogP contribution in [0.5, 0.6) is 0 Å². The highest BCUT2D eigenvalue weighted by atomic mass is 32.2. The lowest BCUT2D eigenvalue weighted by Gasteiger charge is -2.37. The predicted molar refractivity (Wildman–Crippen MR) is 123 cm³/mol. The van der Waals surface area contributed by atoms with Gasteiger partial charge in [0.05, 0.1) is 11.9 Å². The Labute approximate surface area is 192 Å². The number of thioether (sulfide) groups is 1. The Kier molecular flexibility index (Phi) is 7.33. The third kappa shape index (κ3) is 5.43. The first-order valence-corrected chi connectivity index (χ1v) is 11.8. The fourth-order valence-corrected chi connectivity index (χ4v) is 4.74. The number of piperazine rings is 2. The van der Waals surface area contributed by atoms with Crippen LogP contribution in [-0.2, 0) is 9.59 Å². The first kappa shape index (κ1) is 22.6. The smallest absolute Gasteiger partial charge is 0.245 e. The molecule has 32 heavy (non-hydrogen) atoms. The molecule has 10 heteroatoms. The van der Waals surface area contributed by atoms with E-state index in [1.54, 1.807) is 16.0 Å². The Balaban J connectivity index is 1.56. The molecule has 170 valence electrons. The third-order valence-corrected chi connectivity index (χ3v) is 6.93. The van der Waals surface area contributed by atoms with Gasteiger partial charge in [0.25, 0.3) is 0 Å². The fraction of sp³-hybridized carbons (Fsp3) is 0.500. The molecule has 3 heterocycles. The van der Waals surface area contributed by atoms with Crippen LogP contribution in [0.1, 0.15) is 0 Å². The molecule has 0 aliphatic carbocycles. The second-order valence-electron chi connectivity index (χ2n) is 8.25. The van der Waals surface area contributed by atoms with Crippen molar-refractivity contribution in [1.29, 1.82) is 0 Å². The summed E-state index contributed by atoms with van der Waals surface area (Å²) in [7, 11) is 4.08. The number of carbonyl (C=O) groups excluding carboxylic acids is 2. The summed E-state index contributed by atoms with van der Waals surface area (Å²) in [6.07, 6.45) is 1.60. The van der Waals surface area contributed by atoms with Gasteiger partial charge in [0.1, 0.15) is 0 Å². The van der Waals surface area contributed by atoms with Crippen molar-refractivity contribution in [2.75, 3.05) is 66.5 Å². The van der Waals surface area contributed by atoms with E-state index in [2.05, 4.69) is 25.0 Å². The van der Waals surface area contributed by atoms with Gasteiger partial charge in [-0.15, -0.1) is 5.10 Å². The fourth-order valence-electron chi connectivity index (χ4n) is 3.78. The second-order valence-corrected chi connectivity index (χ2v) is 9.32. The number of benzene rings is 1. The number of hydrogen-bond acceptors (Lipinski definition) is 8. The molecule has 0 spiro atoms. The summed E-state index contributed by atoms with van der Waals surface area (Å²) >= 11 is 1.11. The number of nitrogens with zero attached hydrogens (tertiary/aromatic N) is 7. The van der Waals surface area contributed by atoms with Crippen molar-refractivity contribution in [3.63, 3.8) is 0 Å². The number of aromatic nitrogens is 3. The topological polar surface area (TPSA) is 85.8 Å². The van der Waals surface area contributed by atoms with Gasteiger partial charge < -0.3 is 19.6 Å². The van der Waals surface area contributed by atoms with E-state index in [1.165, 1.54) is 0 Å². The normalized spacial score (nSPS) is 18.2. The van der Waals surface area contributed by atoms with Gasteiger partial charge in [-0.05, 0) is 14.1 Å². The Morgan fingerprint density at radius 2 is 1.38 bits per heavy atom. The molecule has 2 saturated heterocycles. The molecule has 1 aromatic carbocycles. The second kappa shape index (κ2) is 10.4. The van der Waals surface area contributed by atoms with Gasteiger partial charge in [0, 0.05) is 57.9 Å². The number of amides is 2. The lowest BCUT2D eigenvalue weighted by Crippen LogP contribution is -2.55. The summed E-state index contributed by atoms with van der Waals surface area (Å²) in [6.45, 7) is 5.66. The van der Waals surface area contributed by atoms with Gasteiger partial charge in [0.2, 0.25) is 17.0 Å². The van der Waals surface area contributed by atoms with Crippen LogP contribution in [0, 0.1) is 0 Å². The Hall–Kier alpha value is -2.56. The molecule has 4 rings (SSSR count). The maximum Gasteiger partial charge on any atom is 0.245 e. The van der Waals surface area contributed by atoms with E-state index in [-0.39, 0.29) is 11.8 Å². The van der Waals surface area contributed by atoms with Gasteiger partial charge in [-0.3, -0.25) is 9.59 Å². The molecule has 2 aliphatic rings. The van der Waals surface area contributed by atoms with Crippen molar-refractivity contribution in [2.24, 2.45) is 0 Å². The van der Waals surface area contributed by atoms with Crippen LogP contribution >= 0.6 is 11.8 Å². The highest BCUT2D eigenvalue weighted by molar-refractivity contribution is 8.01. The molecule has 2 aliphatic heterocycles. The minimum atomic E-state index is -0.908. The molecule has 2 aromatic rings. The Morgan fingerprint density at radius 3 is 1.91 bits per heavy atom. The van der Waals surface area contributed by atoms with Crippen LogP contribution in [0.15, 0.2) is 41.7 Å². The summed E-state index contributed by atoms with van der Waals surface area (Å²) in [5.74, 6) is -0.332. The van der Waals surface area contributed by atoms with Crippen molar-refractivity contribution in [2.45, 2.75) is 10.4 Å². The Bertz CT molecular complexity index is 895. The molecule has 2 fully saturated rings. The summed E-state index contributed by atoms with van der Waals surface area (Å²) in [4.78, 5) is 39.5. The van der Waals surface area contributed by atoms with Gasteiger partial charge in [0.15, 0.2) is 5.25 Å². The molecular formula is C22H29N7O2S. The summed E-state index contributed by atoms with van der Waals surface area (Å²) in [6, 6.07) is 9.69. The molecule has 9 nitrogen and oxygen atoms in total. The summed E-state index contributed by atoms with van der Waals surface area (Å²) < 4.78 is 0. The zero-order valence-electron chi connectivity index (χ0n) is 18.6. The first-order chi connectivity index (χ1) is 15.5. The van der Waals surface area contributed by atoms with E-state index in [9.17, 15) is 9.59 Å². The zero-order valence-corrected chi connectivity index (χ0v) is 19.4. The third-order valence-electron chi connectivity index (χ3n) is 5.91. The van der Waals surface area contributed by atoms with Crippen LogP contribution < -0.4 is 0 Å². The molecule has 1 aromatic heterocycles. The maximum atomic E-state index is 13.5. The average Bonchev–Trinajstić information content (AvgIpc) is 2.83. The predicted octanol–water partition coefficient (Wildman–Crippen LogP) is 0.547. The number of carbonyl (C=O) groups is 2. The van der Waals surface area contributed by atoms with Crippen LogP contribution in [0.2, 0.25) is 0 Å². The molecule has 0 radical (unpaired) electrons. The number of likely N-dealkylation sites (N-methyl/N-ethyl adjacent to an activating group) is 2. The summed E-state index contributed by atoms with van der Waals surface area (Å²) in [5, 5.41) is 7.64. The van der Waals surface area contributed by atoms with Crippen molar-refractivity contribution >= 4 is 23.6 Å². The van der Waals surface area contributed by atoms with E-state index in [0.29, 0.717) is 37.0 Å². The van der Waals surface area contributed by atoms with Crippen molar-refractivity contribution in [1.82, 2.24) is 34.8 Å². The van der Waals surface area contributed by atoms with Crippen LogP contribution in [0.25, 0.3) is 11.3 Å². The molecule has 0 saturated carbocycles. The quantitative estimate of drug-likeness (QED) is 0.477. The van der Waals surface area contributed by atoms with Gasteiger partial charge in [-0.25, -0.2) is 4.98 Å². The monoisotopic (exact) mass is 455 g/mol. The van der Waals surface area contributed by atoms with Gasteiger partial charge in [-0.2, -0.15) is 5.10 Å². The molecule has 0 N–H and O–H groups in total. The van der Waals surface area contributed by atoms with Crippen LogP contribution in [0.4, 0.5) is 0 Å². The molecular weight excluding hydrogens is 426 g/mol. The zero-order chi connectivity index (χ0) is 22.5. The maximum absolute atomic E-state index is 13.5. The number of hydrogen-bond donors (Lipinski definition) is 0. The minimum Gasteiger partial charge on any atom is -0.339 e. The molecule has 2 amide bonds. The van der Waals surface area contributed by atoms with E-state index >= 15 is 0 Å². The van der Waals surface area contributed by atoms with E-state index in [4.69, 9.17) is 0 Å². The molecule has 0 atom stereocenters. The lowest BCUT2D eigenvalue weighted by molar-refractivity contribution is -0.141. The van der Waals surface area contributed by atoms with Gasteiger partial charge >= 0.3 is 0 Å². The van der Waals surface area contributed by atoms with E-state index in [0.717, 1.165) is 43.5 Å². The highest BCUT2D eigenvalue weighted by Crippen LogP contribution is 2.26. The highest BCUT2D eigenvalue weighted by Gasteiger charge is 2.37. The minimum absolute atomic E-state index is 0.166. The van der Waals surface area contributed by atoms with Crippen molar-refractivity contribution in [3.05, 3.63) is 36.5 Å². The number of rotatable bonds is 5. The standard InChI is InChI=1S/C22H29N7O2S/c1-26-8-12-28(13-9-26)20(30)19(21(31)29-14-10-27(2)11-15-29)32-22-24-18(16-23-25-22)17-6-4-3-5-7-17/h3-7,16,19H,8-15H2,1-2H3. The van der Waals surface area contributed by atoms with Crippen LogP contribution in [-0.4, -0.2) is 118 Å². The summed E-state index contributed by atoms with van der Waals surface area (Å²) in [5.41, 5.74) is 1.58. The molecule has 0 bridgehead atoms. The largest absolute Gasteiger partial charge is 0.339 e. The van der Waals surface area contributed by atoms with E-state index < -0.39 is 5.25 Å². The lowest BCUT2D eigenvalue weighted by atomic mass is 10.2. The SMILES string of the molecule is CN1CCN(C(=O)C(Sc2nncc(-c3ccccc3)n2)C(=O)N2CCN(C)CC2)CC1.